The van der Waals surface area contributed by atoms with Gasteiger partial charge < -0.3 is 9.77 Å². The van der Waals surface area contributed by atoms with Crippen LogP contribution in [0, 0.1) is 15.5 Å². The van der Waals surface area contributed by atoms with Crippen LogP contribution in [0.15, 0.2) is 43.0 Å². The highest BCUT2D eigenvalue weighted by atomic mass is 16.9. The molecule has 2 aromatic rings. The van der Waals surface area contributed by atoms with Crippen molar-refractivity contribution in [1.82, 2.24) is 9.55 Å². The van der Waals surface area contributed by atoms with Crippen molar-refractivity contribution in [2.45, 2.75) is 47.0 Å². The molecule has 1 aromatic carbocycles. The quantitative estimate of drug-likeness (QED) is 0.621. The molecule has 0 atom stereocenters. The number of allylic oxidation sites excluding steroid dienone is 1. The van der Waals surface area contributed by atoms with Gasteiger partial charge in [-0.25, -0.2) is 4.98 Å². The third-order valence-electron chi connectivity index (χ3n) is 3.67. The summed E-state index contributed by atoms with van der Waals surface area (Å²) in [5, 5.41) is 13.6. The summed E-state index contributed by atoms with van der Waals surface area (Å²) >= 11 is 0. The maximum atomic E-state index is 8.36. The van der Waals surface area contributed by atoms with Crippen molar-refractivity contribution in [2.75, 3.05) is 0 Å². The molecule has 0 aliphatic heterocycles. The van der Waals surface area contributed by atoms with E-state index < -0.39 is 5.09 Å². The second-order valence-corrected chi connectivity index (χ2v) is 7.87. The molecule has 6 heteroatoms. The Morgan fingerprint density at radius 1 is 1.16 bits per heavy atom. The van der Waals surface area contributed by atoms with Crippen LogP contribution in [-0.4, -0.2) is 19.8 Å². The van der Waals surface area contributed by atoms with E-state index in [1.54, 1.807) is 6.20 Å². The molecule has 0 aliphatic rings. The van der Waals surface area contributed by atoms with Gasteiger partial charge in [-0.15, -0.1) is 10.1 Å². The Kier molecular flexibility index (Phi) is 6.50. The van der Waals surface area contributed by atoms with Crippen LogP contribution in [0.1, 0.15) is 52.7 Å². The van der Waals surface area contributed by atoms with Crippen molar-refractivity contribution in [2.24, 2.45) is 5.41 Å². The zero-order valence-corrected chi connectivity index (χ0v) is 15.7. The zero-order chi connectivity index (χ0) is 19.3. The van der Waals surface area contributed by atoms with Crippen molar-refractivity contribution in [3.05, 3.63) is 64.2 Å². The zero-order valence-electron chi connectivity index (χ0n) is 15.7. The smallest absolute Gasteiger partial charge is 0.291 e. The van der Waals surface area contributed by atoms with E-state index in [9.17, 15) is 0 Å². The Morgan fingerprint density at radius 2 is 1.68 bits per heavy atom. The molecule has 25 heavy (non-hydrogen) atoms. The van der Waals surface area contributed by atoms with Crippen molar-refractivity contribution < 1.29 is 10.3 Å². The van der Waals surface area contributed by atoms with E-state index >= 15 is 0 Å². The summed E-state index contributed by atoms with van der Waals surface area (Å²) in [6.45, 7) is 13.5. The van der Waals surface area contributed by atoms with E-state index in [1.165, 1.54) is 16.7 Å². The number of benzene rings is 1. The molecule has 0 spiro atoms. The van der Waals surface area contributed by atoms with Crippen LogP contribution in [0.3, 0.4) is 0 Å². The molecule has 1 aromatic heterocycles. The standard InChI is InChI=1S/C19H26N2.HNO3/c1-18(2,3)16-9-7-15(8-10-16)17(19(4,5)6)13-21-12-11-20-14-21;2-1(3)4/h7-14H,1-6H3;(H,2,3,4). The van der Waals surface area contributed by atoms with Crippen molar-refractivity contribution in [1.29, 1.82) is 0 Å². The van der Waals surface area contributed by atoms with E-state index in [1.807, 2.05) is 17.1 Å². The predicted octanol–water partition coefficient (Wildman–Crippen LogP) is 4.88. The summed E-state index contributed by atoms with van der Waals surface area (Å²) in [6.07, 6.45) is 7.77. The lowest BCUT2D eigenvalue weighted by atomic mass is 9.81. The fourth-order valence-electron chi connectivity index (χ4n) is 2.35. The van der Waals surface area contributed by atoms with Gasteiger partial charge in [-0.1, -0.05) is 65.8 Å². The molecular weight excluding hydrogens is 318 g/mol. The molecule has 1 N–H and O–H groups in total. The molecule has 136 valence electrons. The number of hydrogen-bond donors (Lipinski definition) is 1. The maximum absolute atomic E-state index is 8.36. The molecule has 0 aliphatic carbocycles. The van der Waals surface area contributed by atoms with Gasteiger partial charge in [0.15, 0.2) is 0 Å². The number of nitrogens with zero attached hydrogens (tertiary/aromatic N) is 3. The third-order valence-corrected chi connectivity index (χ3v) is 3.67. The van der Waals surface area contributed by atoms with Gasteiger partial charge in [0.05, 0.1) is 6.33 Å². The average Bonchev–Trinajstić information content (AvgIpc) is 2.95. The summed E-state index contributed by atoms with van der Waals surface area (Å²) in [4.78, 5) is 12.5. The molecule has 0 unspecified atom stereocenters. The highest BCUT2D eigenvalue weighted by molar-refractivity contribution is 5.78. The van der Waals surface area contributed by atoms with Crippen molar-refractivity contribution in [3.8, 4) is 0 Å². The Hall–Kier alpha value is -2.63. The lowest BCUT2D eigenvalue weighted by molar-refractivity contribution is -0.742. The van der Waals surface area contributed by atoms with E-state index in [0.29, 0.717) is 0 Å². The van der Waals surface area contributed by atoms with Crippen LogP contribution in [0.5, 0.6) is 0 Å². The molecule has 1 heterocycles. The average molecular weight is 345 g/mol. The van der Waals surface area contributed by atoms with E-state index in [0.717, 1.165) is 0 Å². The fourth-order valence-corrected chi connectivity index (χ4v) is 2.35. The molecule has 0 saturated heterocycles. The summed E-state index contributed by atoms with van der Waals surface area (Å²) in [5.74, 6) is 0. The number of aromatic nitrogens is 2. The SMILES string of the molecule is CC(C)(C)C(=Cn1ccnc1)c1ccc(C(C)(C)C)cc1.O=[N+]([O-])O. The van der Waals surface area contributed by atoms with Crippen LogP contribution in [0.25, 0.3) is 11.8 Å². The molecule has 6 nitrogen and oxygen atoms in total. The van der Waals surface area contributed by atoms with Crippen molar-refractivity contribution >= 4 is 11.8 Å². The molecule has 0 bridgehead atoms. The molecule has 0 saturated carbocycles. The highest BCUT2D eigenvalue weighted by Gasteiger charge is 2.20. The second kappa shape index (κ2) is 7.96. The molecule has 2 rings (SSSR count). The van der Waals surface area contributed by atoms with Gasteiger partial charge in [-0.05, 0) is 27.5 Å². The largest absolute Gasteiger partial charge is 0.328 e. The van der Waals surface area contributed by atoms with Crippen LogP contribution in [-0.2, 0) is 5.41 Å². The molecule has 0 amide bonds. The third kappa shape index (κ3) is 6.79. The van der Waals surface area contributed by atoms with Crippen LogP contribution < -0.4 is 0 Å². The molecule has 0 fully saturated rings. The first-order chi connectivity index (χ1) is 11.4. The summed E-state index contributed by atoms with van der Waals surface area (Å²) < 4.78 is 2.01. The van der Waals surface area contributed by atoms with Gasteiger partial charge in [0, 0.05) is 18.6 Å². The summed E-state index contributed by atoms with van der Waals surface area (Å²) in [7, 11) is 0. The first kappa shape index (κ1) is 20.4. The van der Waals surface area contributed by atoms with Gasteiger partial charge in [-0.2, -0.15) is 0 Å². The van der Waals surface area contributed by atoms with Crippen LogP contribution in [0.4, 0.5) is 0 Å². The van der Waals surface area contributed by atoms with Crippen LogP contribution in [0.2, 0.25) is 0 Å². The fraction of sp³-hybridized carbons (Fsp3) is 0.421. The lowest BCUT2D eigenvalue weighted by Gasteiger charge is -2.25. The van der Waals surface area contributed by atoms with Gasteiger partial charge in [0.2, 0.25) is 0 Å². The Labute approximate surface area is 148 Å². The summed E-state index contributed by atoms with van der Waals surface area (Å²) in [6, 6.07) is 8.94. The monoisotopic (exact) mass is 345 g/mol. The normalized spacial score (nSPS) is 12.3. The highest BCUT2D eigenvalue weighted by Crippen LogP contribution is 2.35. The second-order valence-electron chi connectivity index (χ2n) is 7.87. The van der Waals surface area contributed by atoms with Gasteiger partial charge >= 0.3 is 0 Å². The topological polar surface area (TPSA) is 81.2 Å². The maximum Gasteiger partial charge on any atom is 0.291 e. The van der Waals surface area contributed by atoms with E-state index in [-0.39, 0.29) is 10.8 Å². The first-order valence-electron chi connectivity index (χ1n) is 8.05. The van der Waals surface area contributed by atoms with Gasteiger partial charge in [0.25, 0.3) is 5.09 Å². The Morgan fingerprint density at radius 3 is 2.04 bits per heavy atom. The molecule has 0 radical (unpaired) electrons. The van der Waals surface area contributed by atoms with E-state index in [4.69, 9.17) is 15.3 Å². The minimum absolute atomic E-state index is 0.0769. The van der Waals surface area contributed by atoms with Gasteiger partial charge in [-0.3, -0.25) is 0 Å². The first-order valence-corrected chi connectivity index (χ1v) is 8.05. The van der Waals surface area contributed by atoms with Crippen LogP contribution >= 0.6 is 0 Å². The number of imidazole rings is 1. The van der Waals surface area contributed by atoms with E-state index in [2.05, 4.69) is 77.0 Å². The minimum atomic E-state index is -1.50. The summed E-state index contributed by atoms with van der Waals surface area (Å²) in [5.41, 5.74) is 4.20. The minimum Gasteiger partial charge on any atom is -0.328 e. The Balaban J connectivity index is 0.000000705. The lowest BCUT2D eigenvalue weighted by Crippen LogP contribution is -2.12. The predicted molar refractivity (Wildman–Crippen MR) is 99.8 cm³/mol. The van der Waals surface area contributed by atoms with Crippen molar-refractivity contribution in [3.63, 3.8) is 0 Å². The number of hydrogen-bond acceptors (Lipinski definition) is 3. The van der Waals surface area contributed by atoms with Gasteiger partial charge in [0.1, 0.15) is 0 Å². The number of rotatable bonds is 2. The molecular formula is C19H27N3O3. The Bertz CT molecular complexity index is 700.